The molecule has 4 rings (SSSR count). The highest BCUT2D eigenvalue weighted by Gasteiger charge is 2.60. The number of pyridine rings is 1. The topological polar surface area (TPSA) is 123 Å². The molecule has 1 aromatic rings. The molecule has 1 saturated heterocycles. The van der Waals surface area contributed by atoms with Gasteiger partial charge in [-0.1, -0.05) is 13.8 Å². The first-order valence-corrected chi connectivity index (χ1v) is 9.81. The Morgan fingerprint density at radius 3 is 2.55 bits per heavy atom. The summed E-state index contributed by atoms with van der Waals surface area (Å²) in [5, 5.41) is 0. The highest BCUT2D eigenvalue weighted by Crippen LogP contribution is 2.58. The summed E-state index contributed by atoms with van der Waals surface area (Å²) in [6.07, 6.45) is 4.28. The molecule has 3 aliphatic rings. The largest absolute Gasteiger partial charge is 0.474 e. The Hall–Kier alpha value is -2.97. The highest BCUT2D eigenvalue weighted by molar-refractivity contribution is 6.44. The van der Waals surface area contributed by atoms with Gasteiger partial charge in [0.1, 0.15) is 11.7 Å². The Morgan fingerprint density at radius 1 is 1.24 bits per heavy atom. The van der Waals surface area contributed by atoms with Crippen LogP contribution in [0.15, 0.2) is 18.3 Å². The molecule has 0 atom stereocenters. The van der Waals surface area contributed by atoms with Crippen molar-refractivity contribution in [2.24, 2.45) is 17.1 Å². The number of primary amides is 1. The number of hydrogen-bond acceptors (Lipinski definition) is 6. The predicted molar refractivity (Wildman–Crippen MR) is 101 cm³/mol. The van der Waals surface area contributed by atoms with Gasteiger partial charge in [0.05, 0.1) is 0 Å². The van der Waals surface area contributed by atoms with Gasteiger partial charge in [0.25, 0.3) is 5.91 Å². The number of carbonyl (C=O) groups is 4. The summed E-state index contributed by atoms with van der Waals surface area (Å²) < 4.78 is 5.83. The molecule has 154 valence electrons. The number of amides is 5. The first-order valence-electron chi connectivity index (χ1n) is 9.81. The Bertz CT molecular complexity index is 885. The van der Waals surface area contributed by atoms with Crippen LogP contribution in [0.1, 0.15) is 49.9 Å². The molecule has 9 heteroatoms. The van der Waals surface area contributed by atoms with Crippen molar-refractivity contribution in [3.05, 3.63) is 23.9 Å². The normalized spacial score (nSPS) is 28.7. The molecule has 1 aromatic heterocycles. The molecule has 0 aromatic carbocycles. The van der Waals surface area contributed by atoms with Crippen LogP contribution >= 0.6 is 0 Å². The predicted octanol–water partition coefficient (Wildman–Crippen LogP) is 1.32. The van der Waals surface area contributed by atoms with Crippen LogP contribution in [-0.4, -0.2) is 57.2 Å². The Morgan fingerprint density at radius 2 is 1.93 bits per heavy atom. The molecule has 2 heterocycles. The molecule has 0 radical (unpaired) electrons. The molecule has 1 aliphatic heterocycles. The minimum Gasteiger partial charge on any atom is -0.474 e. The lowest BCUT2D eigenvalue weighted by molar-refractivity contribution is -0.149. The van der Waals surface area contributed by atoms with Crippen molar-refractivity contribution in [1.82, 2.24) is 14.8 Å². The van der Waals surface area contributed by atoms with Crippen LogP contribution in [0.25, 0.3) is 0 Å². The molecule has 5 amide bonds. The molecule has 0 unspecified atom stereocenters. The lowest BCUT2D eigenvalue weighted by Gasteiger charge is -2.58. The van der Waals surface area contributed by atoms with Crippen molar-refractivity contribution < 1.29 is 23.9 Å². The van der Waals surface area contributed by atoms with Crippen LogP contribution in [0.5, 0.6) is 5.88 Å². The fourth-order valence-corrected chi connectivity index (χ4v) is 4.65. The third-order valence-corrected chi connectivity index (χ3v) is 5.97. The minimum absolute atomic E-state index is 0.00603. The van der Waals surface area contributed by atoms with E-state index in [0.717, 1.165) is 22.6 Å². The summed E-state index contributed by atoms with van der Waals surface area (Å²) in [5.74, 6) is -1.70. The van der Waals surface area contributed by atoms with E-state index < -0.39 is 23.8 Å². The van der Waals surface area contributed by atoms with Gasteiger partial charge in [-0.25, -0.2) is 9.78 Å². The second-order valence-electron chi connectivity index (χ2n) is 8.70. The summed E-state index contributed by atoms with van der Waals surface area (Å²) in [4.78, 5) is 54.7. The van der Waals surface area contributed by atoms with Crippen LogP contribution < -0.4 is 10.5 Å². The SMILES string of the molecule is CC(C)CN1C(=O)C(=O)N([C@H]2CC3(C[C@H](Oc4ncccc4C(N)=O)C3)C2)C1=O. The smallest absolute Gasteiger partial charge is 0.334 e. The zero-order valence-electron chi connectivity index (χ0n) is 16.5. The molecule has 1 spiro atoms. The van der Waals surface area contributed by atoms with E-state index in [4.69, 9.17) is 10.5 Å². The summed E-state index contributed by atoms with van der Waals surface area (Å²) in [5.41, 5.74) is 5.60. The lowest BCUT2D eigenvalue weighted by atomic mass is 9.52. The quantitative estimate of drug-likeness (QED) is 0.567. The third-order valence-electron chi connectivity index (χ3n) is 5.97. The second-order valence-corrected chi connectivity index (χ2v) is 8.70. The van der Waals surface area contributed by atoms with E-state index in [0.29, 0.717) is 12.8 Å². The monoisotopic (exact) mass is 400 g/mol. The number of aromatic nitrogens is 1. The molecular formula is C20H24N4O5. The molecule has 0 bridgehead atoms. The summed E-state index contributed by atoms with van der Waals surface area (Å²) in [6.45, 7) is 4.04. The van der Waals surface area contributed by atoms with Gasteiger partial charge in [0, 0.05) is 18.8 Å². The van der Waals surface area contributed by atoms with Crippen LogP contribution in [0.3, 0.4) is 0 Å². The summed E-state index contributed by atoms with van der Waals surface area (Å²) >= 11 is 0. The van der Waals surface area contributed by atoms with E-state index in [2.05, 4.69) is 4.98 Å². The van der Waals surface area contributed by atoms with Gasteiger partial charge in [-0.05, 0) is 49.1 Å². The van der Waals surface area contributed by atoms with Crippen LogP contribution in [0, 0.1) is 11.3 Å². The number of imide groups is 2. The lowest BCUT2D eigenvalue weighted by Crippen LogP contribution is -2.60. The van der Waals surface area contributed by atoms with Crippen LogP contribution in [0.2, 0.25) is 0 Å². The van der Waals surface area contributed by atoms with Gasteiger partial charge in [-0.15, -0.1) is 0 Å². The van der Waals surface area contributed by atoms with Gasteiger partial charge < -0.3 is 10.5 Å². The zero-order valence-corrected chi connectivity index (χ0v) is 16.5. The van der Waals surface area contributed by atoms with E-state index in [-0.39, 0.29) is 41.5 Å². The number of hydrogen-bond donors (Lipinski definition) is 1. The first kappa shape index (κ1) is 19.4. The van der Waals surface area contributed by atoms with E-state index in [1.54, 1.807) is 18.3 Å². The number of urea groups is 1. The van der Waals surface area contributed by atoms with Crippen LogP contribution in [0.4, 0.5) is 4.79 Å². The average Bonchev–Trinajstić information content (AvgIpc) is 2.80. The summed E-state index contributed by atoms with van der Waals surface area (Å²) in [7, 11) is 0. The maximum absolute atomic E-state index is 12.6. The molecule has 3 fully saturated rings. The van der Waals surface area contributed by atoms with Crippen molar-refractivity contribution in [3.8, 4) is 5.88 Å². The van der Waals surface area contributed by atoms with Crippen molar-refractivity contribution in [3.63, 3.8) is 0 Å². The molecule has 2 aliphatic carbocycles. The highest BCUT2D eigenvalue weighted by atomic mass is 16.5. The Labute approximate surface area is 168 Å². The molecule has 9 nitrogen and oxygen atoms in total. The maximum Gasteiger partial charge on any atom is 0.334 e. The molecule has 2 saturated carbocycles. The van der Waals surface area contributed by atoms with Crippen molar-refractivity contribution in [1.29, 1.82) is 0 Å². The second kappa shape index (κ2) is 6.82. The number of nitrogens with zero attached hydrogens (tertiary/aromatic N) is 3. The van der Waals surface area contributed by atoms with Crippen LogP contribution in [-0.2, 0) is 9.59 Å². The van der Waals surface area contributed by atoms with Gasteiger partial charge in [0.15, 0.2) is 0 Å². The third kappa shape index (κ3) is 3.24. The van der Waals surface area contributed by atoms with Gasteiger partial charge >= 0.3 is 17.8 Å². The fourth-order valence-electron chi connectivity index (χ4n) is 4.65. The average molecular weight is 400 g/mol. The van der Waals surface area contributed by atoms with Crippen molar-refractivity contribution >= 4 is 23.8 Å². The number of ether oxygens (including phenoxy) is 1. The molecule has 29 heavy (non-hydrogen) atoms. The number of nitrogens with two attached hydrogens (primary N) is 1. The molecule has 2 N–H and O–H groups in total. The standard InChI is InChI=1S/C20H24N4O5/c1-11(2)10-23-17(26)18(27)24(19(23)28)12-6-20(7-12)8-13(9-20)29-16-14(15(21)25)4-3-5-22-16/h3-5,11-13H,6-10H2,1-2H3,(H2,21,25)/t12-,13-,20?. The number of rotatable bonds is 6. The number of carbonyl (C=O) groups excluding carboxylic acids is 4. The Kier molecular flexibility index (Phi) is 4.55. The Balaban J connectivity index is 1.34. The van der Waals surface area contributed by atoms with E-state index in [1.165, 1.54) is 0 Å². The minimum atomic E-state index is -0.728. The van der Waals surface area contributed by atoms with E-state index >= 15 is 0 Å². The van der Waals surface area contributed by atoms with Crippen molar-refractivity contribution in [2.75, 3.05) is 6.54 Å². The van der Waals surface area contributed by atoms with Gasteiger partial charge in [-0.3, -0.25) is 24.2 Å². The van der Waals surface area contributed by atoms with Gasteiger partial charge in [-0.2, -0.15) is 0 Å². The molecular weight excluding hydrogens is 376 g/mol. The maximum atomic E-state index is 12.6. The first-order chi connectivity index (χ1) is 13.7. The van der Waals surface area contributed by atoms with E-state index in [9.17, 15) is 19.2 Å². The van der Waals surface area contributed by atoms with Crippen molar-refractivity contribution in [2.45, 2.75) is 51.7 Å². The van der Waals surface area contributed by atoms with E-state index in [1.807, 2.05) is 13.8 Å². The van der Waals surface area contributed by atoms with Gasteiger partial charge in [0.2, 0.25) is 5.88 Å². The summed E-state index contributed by atoms with van der Waals surface area (Å²) in [6, 6.07) is 2.45. The zero-order chi connectivity index (χ0) is 20.9. The fraction of sp³-hybridized carbons (Fsp3) is 0.550.